The summed E-state index contributed by atoms with van der Waals surface area (Å²) in [6, 6.07) is 1.31. The van der Waals surface area contributed by atoms with Gasteiger partial charge in [0.05, 0.1) is 20.4 Å². The molecule has 1 aliphatic heterocycles. The van der Waals surface area contributed by atoms with Crippen molar-refractivity contribution in [1.29, 1.82) is 0 Å². The van der Waals surface area contributed by atoms with Crippen molar-refractivity contribution in [2.45, 2.75) is 20.7 Å². The van der Waals surface area contributed by atoms with Gasteiger partial charge in [-0.2, -0.15) is 33.8 Å². The van der Waals surface area contributed by atoms with Crippen LogP contribution in [0.5, 0.6) is 0 Å². The SMILES string of the molecule is O=C1NC(=O)C(N=Nc2ccc(-n3nc4cc(S(=O)(=O)[O-])c5cc(Nc6nc(F)nc(F)c6Cl)cc(S(=O)(=O)[O-])c5c4n3)cc2S(=O)(=O)[O-])C(=O)N1.[Na+].[Na+].[Na+]. The molecular weight excluding hydrogens is 859 g/mol. The summed E-state index contributed by atoms with van der Waals surface area (Å²) in [6.07, 6.45) is -1.63. The predicted molar refractivity (Wildman–Crippen MR) is 160 cm³/mol. The first-order valence-electron chi connectivity index (χ1n) is 13.2. The Labute approximate surface area is 376 Å². The van der Waals surface area contributed by atoms with E-state index in [2.05, 4.69) is 35.7 Å². The van der Waals surface area contributed by atoms with Gasteiger partial charge in [0.15, 0.2) is 5.82 Å². The molecule has 31 heteroatoms. The molecule has 0 unspecified atom stereocenters. The van der Waals surface area contributed by atoms with E-state index < -0.39 is 131 Å². The van der Waals surface area contributed by atoms with Gasteiger partial charge in [0, 0.05) is 16.5 Å². The second kappa shape index (κ2) is 17.0. The Balaban J connectivity index is 0.00000271. The summed E-state index contributed by atoms with van der Waals surface area (Å²) < 4.78 is 139. The average molecular weight is 869 g/mol. The minimum Gasteiger partial charge on any atom is -0.744 e. The fourth-order valence-corrected chi connectivity index (χ4v) is 6.88. The van der Waals surface area contributed by atoms with Crippen molar-refractivity contribution in [3.63, 3.8) is 0 Å². The number of rotatable bonds is 8. The number of hydrogen-bond donors (Lipinski definition) is 3. The van der Waals surface area contributed by atoms with Crippen LogP contribution in [0.1, 0.15) is 0 Å². The fraction of sp³-hybridized carbons (Fsp3) is 0.0417. The number of carbonyl (C=O) groups is 3. The van der Waals surface area contributed by atoms with E-state index in [1.165, 1.54) is 0 Å². The van der Waals surface area contributed by atoms with Crippen LogP contribution < -0.4 is 105 Å². The zero-order valence-electron chi connectivity index (χ0n) is 27.4. The van der Waals surface area contributed by atoms with Gasteiger partial charge in [0.2, 0.25) is 12.0 Å². The molecule has 4 amide bonds. The number of azo groups is 1. The summed E-state index contributed by atoms with van der Waals surface area (Å²) in [4.78, 5) is 38.1. The summed E-state index contributed by atoms with van der Waals surface area (Å²) in [7, 11) is -16.6. The maximum absolute atomic E-state index is 13.9. The Morgan fingerprint density at radius 3 is 1.98 bits per heavy atom. The molecule has 22 nitrogen and oxygen atoms in total. The summed E-state index contributed by atoms with van der Waals surface area (Å²) >= 11 is 5.74. The first-order valence-corrected chi connectivity index (χ1v) is 17.8. The third-order valence-electron chi connectivity index (χ3n) is 6.79. The Morgan fingerprint density at radius 2 is 1.40 bits per heavy atom. The van der Waals surface area contributed by atoms with Crippen LogP contribution in [0.2, 0.25) is 5.02 Å². The van der Waals surface area contributed by atoms with Crippen LogP contribution >= 0.6 is 11.6 Å². The van der Waals surface area contributed by atoms with Gasteiger partial charge in [-0.05, 0) is 36.4 Å². The molecule has 1 saturated heterocycles. The number of nitrogens with zero attached hydrogens (tertiary/aromatic N) is 7. The third kappa shape index (κ3) is 9.71. The van der Waals surface area contributed by atoms with E-state index in [-0.39, 0.29) is 88.7 Å². The van der Waals surface area contributed by atoms with Crippen LogP contribution in [0.15, 0.2) is 61.3 Å². The fourth-order valence-electron chi connectivity index (χ4n) is 4.70. The number of anilines is 2. The molecule has 0 radical (unpaired) electrons. The zero-order valence-corrected chi connectivity index (χ0v) is 36.6. The van der Waals surface area contributed by atoms with Crippen LogP contribution in [0.3, 0.4) is 0 Å². The van der Waals surface area contributed by atoms with Crippen molar-refractivity contribution in [2.24, 2.45) is 10.2 Å². The molecular formula is C24H10ClF2N10Na3O12S3. The maximum Gasteiger partial charge on any atom is 1.00 e. The van der Waals surface area contributed by atoms with E-state index in [4.69, 9.17) is 11.6 Å². The van der Waals surface area contributed by atoms with Crippen LogP contribution in [0.25, 0.3) is 27.5 Å². The minimum atomic E-state index is -5.63. The number of benzene rings is 3. The van der Waals surface area contributed by atoms with Gasteiger partial charge in [0.1, 0.15) is 52.1 Å². The molecule has 5 aromatic rings. The smallest absolute Gasteiger partial charge is 0.744 e. The molecule has 1 aliphatic rings. The monoisotopic (exact) mass is 868 g/mol. The molecule has 1 fully saturated rings. The number of nitrogens with one attached hydrogen (secondary N) is 3. The molecule has 2 aromatic heterocycles. The quantitative estimate of drug-likeness (QED) is 0.0326. The largest absolute Gasteiger partial charge is 1.00 e. The number of aromatic nitrogens is 5. The molecule has 3 N–H and O–H groups in total. The summed E-state index contributed by atoms with van der Waals surface area (Å²) in [6.45, 7) is 0. The molecule has 0 atom stereocenters. The second-order valence-electron chi connectivity index (χ2n) is 10.1. The van der Waals surface area contributed by atoms with Gasteiger partial charge < -0.3 is 19.0 Å². The normalized spacial score (nSPS) is 13.9. The maximum atomic E-state index is 13.9. The number of hydrogen-bond acceptors (Lipinski definition) is 19. The number of fused-ring (bicyclic) bond motifs is 3. The molecule has 3 heterocycles. The number of imide groups is 2. The van der Waals surface area contributed by atoms with Crippen molar-refractivity contribution in [1.82, 2.24) is 35.6 Å². The standard InChI is InChI=1S/C24H13ClF2N10O12S3.3Na/c25-16-19(26)29-23(27)30-20(16)28-7-3-9-12(50(41,42)43)6-11-17(15(9)14(4-7)52(47,48)49)36-37(35-11)8-1-2-10(13(5-8)51(44,45)46)33-34-18-21(38)31-24(40)32-22(18)39;;;/h1-6,18H,(H,28,29,30)(H,41,42,43)(H,44,45,46)(H,47,48,49)(H2,31,32,38,39,40);;;/q;3*+1/p-3. The predicted octanol–water partition coefficient (Wildman–Crippen LogP) is -8.42. The van der Waals surface area contributed by atoms with Gasteiger partial charge in [-0.15, -0.1) is 10.2 Å². The van der Waals surface area contributed by atoms with E-state index in [1.54, 1.807) is 10.6 Å². The molecule has 0 aliphatic carbocycles. The number of urea groups is 1. The first kappa shape index (κ1) is 46.7. The number of amides is 4. The Bertz CT molecular complexity index is 2820. The summed E-state index contributed by atoms with van der Waals surface area (Å²) in [5, 5.41) is 18.0. The third-order valence-corrected chi connectivity index (χ3v) is 9.73. The molecule has 0 bridgehead atoms. The summed E-state index contributed by atoms with van der Waals surface area (Å²) in [5.74, 6) is -4.79. The molecule has 6 rings (SSSR count). The first-order chi connectivity index (χ1) is 24.1. The molecule has 0 spiro atoms. The zero-order chi connectivity index (χ0) is 38.1. The average Bonchev–Trinajstić information content (AvgIpc) is 3.45. The van der Waals surface area contributed by atoms with Crippen LogP contribution in [0.4, 0.5) is 30.8 Å². The van der Waals surface area contributed by atoms with Gasteiger partial charge >= 0.3 is 101 Å². The molecule has 270 valence electrons. The second-order valence-corrected chi connectivity index (χ2v) is 14.6. The van der Waals surface area contributed by atoms with E-state index in [1.807, 2.05) is 0 Å². The Hall–Kier alpha value is -2.71. The van der Waals surface area contributed by atoms with Crippen LogP contribution in [-0.2, 0) is 39.9 Å². The van der Waals surface area contributed by atoms with Gasteiger partial charge in [-0.3, -0.25) is 20.2 Å². The minimum absolute atomic E-state index is 0. The number of halogens is 3. The van der Waals surface area contributed by atoms with E-state index in [0.29, 0.717) is 23.0 Å². The van der Waals surface area contributed by atoms with Crippen LogP contribution in [0, 0.1) is 12.0 Å². The van der Waals surface area contributed by atoms with E-state index >= 15 is 0 Å². The van der Waals surface area contributed by atoms with Crippen LogP contribution in [-0.4, -0.2) is 87.8 Å². The van der Waals surface area contributed by atoms with Crippen molar-refractivity contribution in [3.05, 3.63) is 53.4 Å². The van der Waals surface area contributed by atoms with Gasteiger partial charge in [0.25, 0.3) is 11.8 Å². The topological polar surface area (TPSA) is 340 Å². The number of barbiturate groups is 1. The van der Waals surface area contributed by atoms with Gasteiger partial charge in [-0.25, -0.2) is 30.0 Å². The van der Waals surface area contributed by atoms with Gasteiger partial charge in [-0.1, -0.05) is 11.6 Å². The Kier molecular flexibility index (Phi) is 14.4. The molecule has 55 heavy (non-hydrogen) atoms. The number of carbonyl (C=O) groups excluding carboxylic acids is 3. The Morgan fingerprint density at radius 1 is 0.800 bits per heavy atom. The van der Waals surface area contributed by atoms with Crippen molar-refractivity contribution < 1.29 is 151 Å². The van der Waals surface area contributed by atoms with E-state index in [0.717, 1.165) is 18.2 Å². The molecule has 0 saturated carbocycles. The van der Waals surface area contributed by atoms with E-state index in [9.17, 15) is 62.1 Å². The molecule has 3 aromatic carbocycles. The summed E-state index contributed by atoms with van der Waals surface area (Å²) in [5.41, 5.74) is -2.83. The van der Waals surface area contributed by atoms with Crippen molar-refractivity contribution in [3.8, 4) is 5.69 Å². The van der Waals surface area contributed by atoms with Crippen molar-refractivity contribution >= 4 is 98.8 Å². The van der Waals surface area contributed by atoms with Crippen molar-refractivity contribution in [2.75, 3.05) is 5.32 Å².